The minimum Gasteiger partial charge on any atom is -0.509 e. The van der Waals surface area contributed by atoms with Gasteiger partial charge in [0.25, 0.3) is 0 Å². The summed E-state index contributed by atoms with van der Waals surface area (Å²) in [7, 11) is 0. The summed E-state index contributed by atoms with van der Waals surface area (Å²) >= 11 is 0. The van der Waals surface area contributed by atoms with Gasteiger partial charge in [0.2, 0.25) is 0 Å². The second kappa shape index (κ2) is 18.0. The summed E-state index contributed by atoms with van der Waals surface area (Å²) in [5, 5.41) is 1.86. The Morgan fingerprint density at radius 3 is 2.14 bits per heavy atom. The van der Waals surface area contributed by atoms with Crippen molar-refractivity contribution < 1.29 is 40.1 Å². The summed E-state index contributed by atoms with van der Waals surface area (Å²) in [6.07, 6.45) is 1.61. The van der Waals surface area contributed by atoms with Gasteiger partial charge in [0.05, 0.1) is 5.48 Å². The molecule has 7 heteroatoms. The largest absolute Gasteiger partial charge is 0.509 e. The van der Waals surface area contributed by atoms with Gasteiger partial charge in [0.1, 0.15) is 17.3 Å². The number of ether oxygens (including phenoxy) is 2. The second-order valence-electron chi connectivity index (χ2n) is 17.7. The van der Waals surface area contributed by atoms with Crippen molar-refractivity contribution in [1.82, 2.24) is 9.55 Å². The van der Waals surface area contributed by atoms with Crippen LogP contribution in [0.2, 0.25) is 0 Å². The molecule has 346 valence electrons. The number of fused-ring (bicyclic) bond motifs is 5. The molecule has 0 radical (unpaired) electrons. The van der Waals surface area contributed by atoms with Crippen LogP contribution in [0, 0.1) is 25.7 Å². The molecule has 0 aliphatic carbocycles. The monoisotopic (exact) mass is 1100 g/mol. The molecule has 11 aromatic rings. The van der Waals surface area contributed by atoms with Crippen LogP contribution in [0.4, 0.5) is 22.7 Å². The Bertz CT molecular complexity index is 4170. The maximum Gasteiger partial charge on any atom is 0.135 e. The fraction of sp³-hybridized carbons (Fsp3) is 0.0625. The zero-order valence-corrected chi connectivity index (χ0v) is 40.7. The summed E-state index contributed by atoms with van der Waals surface area (Å²) in [5.41, 5.74) is 9.24. The maximum absolute atomic E-state index is 9.66. The number of rotatable bonds is 3. The van der Waals surface area contributed by atoms with E-state index in [0.717, 1.165) is 33.2 Å². The van der Waals surface area contributed by atoms with Crippen LogP contribution in [-0.2, 0) is 21.1 Å². The predicted molar refractivity (Wildman–Crippen MR) is 285 cm³/mol. The number of para-hydroxylation sites is 4. The molecule has 0 unspecified atom stereocenters. The van der Waals surface area contributed by atoms with Crippen LogP contribution in [0.5, 0.6) is 23.0 Å². The maximum atomic E-state index is 9.66. The summed E-state index contributed by atoms with van der Waals surface area (Å²) in [6.45, 7) is 3.70. The van der Waals surface area contributed by atoms with E-state index in [1.807, 2.05) is 161 Å². The Labute approximate surface area is 438 Å². The average molecular weight is 1100 g/mol. The SMILES string of the molecule is [2H]c1c([2H])c(-c2cccc3c2N2[CH-]N(c4[c-]c(ccc4)Oc4[c-]c5c(cc4)c4cc(C(C)C)ccc4n5-c4cc(C([2H])([2H])[2H])c(cn4)-c4cccc(c4)Oc4ccccc4-3)c3ccccc32)c([2H])c([2H])c1-c1ccccc1.[Pt]. The zero-order chi connectivity index (χ0) is 52.9. The molecular formula is C64H45N4O2Pt-3. The van der Waals surface area contributed by atoms with Gasteiger partial charge in [-0.3, -0.25) is 0 Å². The molecule has 9 aromatic carbocycles. The molecule has 10 bridgehead atoms. The van der Waals surface area contributed by atoms with Crippen LogP contribution in [0.15, 0.2) is 206 Å². The Balaban J connectivity index is 0.00000609. The van der Waals surface area contributed by atoms with Crippen molar-refractivity contribution in [2.45, 2.75) is 26.6 Å². The Hall–Kier alpha value is -8.18. The predicted octanol–water partition coefficient (Wildman–Crippen LogP) is 17.2. The van der Waals surface area contributed by atoms with Gasteiger partial charge < -0.3 is 23.8 Å². The van der Waals surface area contributed by atoms with Crippen LogP contribution < -0.4 is 19.3 Å². The first-order valence-electron chi connectivity index (χ1n) is 26.7. The molecule has 0 N–H and O–H groups in total. The first-order valence-corrected chi connectivity index (χ1v) is 23.2. The van der Waals surface area contributed by atoms with Gasteiger partial charge in [-0.15, -0.1) is 48.1 Å². The van der Waals surface area contributed by atoms with Gasteiger partial charge in [-0.05, 0) is 94.0 Å². The van der Waals surface area contributed by atoms with Gasteiger partial charge in [0.15, 0.2) is 0 Å². The van der Waals surface area contributed by atoms with E-state index >= 15 is 0 Å². The number of anilines is 4. The van der Waals surface area contributed by atoms with Crippen LogP contribution in [0.3, 0.4) is 0 Å². The van der Waals surface area contributed by atoms with E-state index in [0.29, 0.717) is 79.1 Å². The molecule has 2 aromatic heterocycles. The fourth-order valence-corrected chi connectivity index (χ4v) is 9.68. The fourth-order valence-electron chi connectivity index (χ4n) is 9.68. The smallest absolute Gasteiger partial charge is 0.135 e. The third-order valence-electron chi connectivity index (χ3n) is 13.1. The van der Waals surface area contributed by atoms with Gasteiger partial charge in [-0.1, -0.05) is 147 Å². The molecule has 6 nitrogen and oxygen atoms in total. The number of hydrogen-bond acceptors (Lipinski definition) is 5. The average Bonchev–Trinajstić information content (AvgIpc) is 4.10. The Morgan fingerprint density at radius 1 is 0.577 bits per heavy atom. The van der Waals surface area contributed by atoms with E-state index in [2.05, 4.69) is 44.2 Å². The van der Waals surface area contributed by atoms with Crippen LogP contribution in [0.25, 0.3) is 72.1 Å². The second-order valence-corrected chi connectivity index (χ2v) is 17.7. The molecule has 0 atom stereocenters. The van der Waals surface area contributed by atoms with Crippen LogP contribution in [0.1, 0.15) is 40.5 Å². The zero-order valence-electron chi connectivity index (χ0n) is 45.4. The number of pyridine rings is 1. The van der Waals surface area contributed by atoms with Crippen molar-refractivity contribution in [1.29, 1.82) is 0 Å². The molecule has 0 spiro atoms. The molecule has 0 amide bonds. The van der Waals surface area contributed by atoms with Crippen molar-refractivity contribution in [3.63, 3.8) is 0 Å². The first-order chi connectivity index (χ1) is 37.3. The van der Waals surface area contributed by atoms with Gasteiger partial charge in [-0.25, -0.2) is 4.98 Å². The molecule has 5 heterocycles. The topological polar surface area (TPSA) is 42.8 Å². The summed E-state index contributed by atoms with van der Waals surface area (Å²) in [5.74, 6) is 2.39. The van der Waals surface area contributed by atoms with Crippen molar-refractivity contribution >= 4 is 44.6 Å². The molecule has 0 saturated carbocycles. The van der Waals surface area contributed by atoms with Gasteiger partial charge >= 0.3 is 0 Å². The van der Waals surface area contributed by atoms with Crippen LogP contribution in [-0.4, -0.2) is 9.55 Å². The Morgan fingerprint density at radius 2 is 1.30 bits per heavy atom. The number of hydrogen-bond donors (Lipinski definition) is 0. The quantitative estimate of drug-likeness (QED) is 0.165. The van der Waals surface area contributed by atoms with Crippen molar-refractivity contribution in [2.24, 2.45) is 0 Å². The number of aromatic nitrogens is 2. The molecule has 14 rings (SSSR count). The van der Waals surface area contributed by atoms with E-state index in [1.54, 1.807) is 24.4 Å². The number of benzene rings is 9. The van der Waals surface area contributed by atoms with E-state index in [1.165, 1.54) is 0 Å². The van der Waals surface area contributed by atoms with Crippen molar-refractivity contribution in [3.05, 3.63) is 236 Å². The molecule has 3 aliphatic rings. The normalized spacial score (nSPS) is 14.2. The molecule has 0 saturated heterocycles. The minimum atomic E-state index is -2.55. The third kappa shape index (κ3) is 7.76. The molecule has 0 fully saturated rings. The van der Waals surface area contributed by atoms with Crippen molar-refractivity contribution in [2.75, 3.05) is 9.80 Å². The van der Waals surface area contributed by atoms with Crippen LogP contribution >= 0.6 is 0 Å². The minimum absolute atomic E-state index is 0. The summed E-state index contributed by atoms with van der Waals surface area (Å²) < 4.78 is 80.3. The Kier molecular flexibility index (Phi) is 9.30. The van der Waals surface area contributed by atoms with E-state index in [4.69, 9.17) is 18.6 Å². The summed E-state index contributed by atoms with van der Waals surface area (Å²) in [6, 6.07) is 61.4. The summed E-state index contributed by atoms with van der Waals surface area (Å²) in [4.78, 5) is 9.03. The first kappa shape index (κ1) is 36.8. The third-order valence-corrected chi connectivity index (χ3v) is 13.1. The standard InChI is InChI=1S/C64H45N4O2.Pt/c1-41(2)46-30-33-58-56(36-46)53-32-31-51-38-61(53)68(58)63-34-42(3)57(39-65-63)47-16-11-18-49(35-47)70-62-25-10-7-20-54(62)55-22-13-21-52(45-28-26-44(27-29-45)43-14-5-4-6-15-43)64(55)67-40-66(59-23-8-9-24-60(59)67)48-17-12-19-50(37-48)69-51;/h4-36,39-41H,1-3H3;/q-3;/i3D3,26D,27D,28D,29D;. The van der Waals surface area contributed by atoms with Crippen molar-refractivity contribution in [3.8, 4) is 73.3 Å². The molecule has 3 aliphatic heterocycles. The van der Waals surface area contributed by atoms with E-state index < -0.39 is 6.85 Å². The number of nitrogens with zero attached hydrogens (tertiary/aromatic N) is 4. The van der Waals surface area contributed by atoms with Gasteiger partial charge in [0, 0.05) is 87.7 Å². The van der Waals surface area contributed by atoms with E-state index in [9.17, 15) is 5.48 Å². The molecular weight excluding hydrogens is 1050 g/mol. The van der Waals surface area contributed by atoms with Gasteiger partial charge in [-0.2, -0.15) is 12.1 Å². The van der Waals surface area contributed by atoms with E-state index in [-0.39, 0.29) is 67.8 Å². The molecule has 71 heavy (non-hydrogen) atoms. The number of aryl methyl sites for hydroxylation is 1.